The van der Waals surface area contributed by atoms with Crippen LogP contribution in [0.15, 0.2) is 18.2 Å². The number of alkyl halides is 3. The van der Waals surface area contributed by atoms with Crippen molar-refractivity contribution in [3.8, 4) is 5.75 Å². The van der Waals surface area contributed by atoms with E-state index in [0.717, 1.165) is 0 Å². The molecule has 1 atom stereocenters. The van der Waals surface area contributed by atoms with Gasteiger partial charge in [0, 0.05) is 12.0 Å². The smallest absolute Gasteiger partial charge is 0.407 e. The summed E-state index contributed by atoms with van der Waals surface area (Å²) in [6.45, 7) is 1.20. The van der Waals surface area contributed by atoms with Crippen LogP contribution in [0.4, 0.5) is 4.79 Å². The zero-order valence-electron chi connectivity index (χ0n) is 14.1. The average molecular weight is 427 g/mol. The lowest BCUT2D eigenvalue weighted by atomic mass is 9.99. The number of ketones is 1. The Hall–Kier alpha value is -1.70. The first-order valence-corrected chi connectivity index (χ1v) is 8.57. The summed E-state index contributed by atoms with van der Waals surface area (Å²) < 4.78 is 7.88. The highest BCUT2D eigenvalue weighted by molar-refractivity contribution is 6.67. The number of Topliss-reactive ketones (excluding diaryl/α,β-unsaturated/α-hetero) is 1. The van der Waals surface area contributed by atoms with E-state index in [4.69, 9.17) is 39.5 Å². The molecule has 1 rings (SSSR count). The molecule has 1 aromatic rings. The lowest BCUT2D eigenvalue weighted by molar-refractivity contribution is -0.139. The number of halogens is 3. The van der Waals surface area contributed by atoms with Gasteiger partial charge in [-0.15, -0.1) is 0 Å². The quantitative estimate of drug-likeness (QED) is 0.487. The minimum absolute atomic E-state index is 0.0884. The van der Waals surface area contributed by atoms with Gasteiger partial charge in [-0.25, -0.2) is 9.59 Å². The molecule has 0 aromatic heterocycles. The number of methoxy groups -OCH3 is 1. The van der Waals surface area contributed by atoms with Crippen LogP contribution in [-0.2, 0) is 9.53 Å². The van der Waals surface area contributed by atoms with Crippen molar-refractivity contribution in [1.82, 2.24) is 5.32 Å². The summed E-state index contributed by atoms with van der Waals surface area (Å²) in [5, 5.41) is 11.3. The number of rotatable bonds is 8. The molecule has 0 fully saturated rings. The molecule has 0 aliphatic heterocycles. The molecule has 0 heterocycles. The standard InChI is InChI=1S/C16H18Cl3NO6/c1-9-7-10(25-2)3-4-11(9)13(21)6-5-12(14(22)23)20-15(24)26-8-16(17,18)19/h3-4,7,12H,5-6,8H2,1-2H3,(H,20,24)(H,22,23). The van der Waals surface area contributed by atoms with Gasteiger partial charge in [0.25, 0.3) is 0 Å². The molecular formula is C16H18Cl3NO6. The van der Waals surface area contributed by atoms with Crippen LogP contribution in [0.25, 0.3) is 0 Å². The van der Waals surface area contributed by atoms with Crippen molar-refractivity contribution in [2.24, 2.45) is 0 Å². The molecule has 0 saturated heterocycles. The number of aliphatic carboxylic acids is 1. The fourth-order valence-corrected chi connectivity index (χ4v) is 2.24. The molecule has 0 bridgehead atoms. The van der Waals surface area contributed by atoms with Crippen molar-refractivity contribution in [2.75, 3.05) is 13.7 Å². The van der Waals surface area contributed by atoms with E-state index in [-0.39, 0.29) is 18.6 Å². The summed E-state index contributed by atoms with van der Waals surface area (Å²) in [4.78, 5) is 35.1. The second-order valence-corrected chi connectivity index (χ2v) is 7.89. The van der Waals surface area contributed by atoms with Crippen LogP contribution in [-0.4, -0.2) is 46.5 Å². The molecule has 0 aliphatic rings. The Kier molecular flexibility index (Phi) is 8.46. The van der Waals surface area contributed by atoms with E-state index in [1.54, 1.807) is 25.1 Å². The number of alkyl carbamates (subject to hydrolysis) is 1. The first-order valence-electron chi connectivity index (χ1n) is 7.44. The molecular weight excluding hydrogens is 409 g/mol. The van der Waals surface area contributed by atoms with Crippen molar-refractivity contribution < 1.29 is 29.0 Å². The fourth-order valence-electron chi connectivity index (χ4n) is 2.07. The van der Waals surface area contributed by atoms with Crippen LogP contribution in [0.5, 0.6) is 5.75 Å². The van der Waals surface area contributed by atoms with Gasteiger partial charge in [-0.05, 0) is 37.1 Å². The molecule has 7 nitrogen and oxygen atoms in total. The number of hydrogen-bond donors (Lipinski definition) is 2. The van der Waals surface area contributed by atoms with Crippen LogP contribution in [0, 0.1) is 6.92 Å². The molecule has 144 valence electrons. The molecule has 10 heteroatoms. The van der Waals surface area contributed by atoms with Gasteiger partial charge in [-0.3, -0.25) is 4.79 Å². The summed E-state index contributed by atoms with van der Waals surface area (Å²) in [6.07, 6.45) is -1.27. The number of hydrogen-bond acceptors (Lipinski definition) is 5. The molecule has 0 radical (unpaired) electrons. The van der Waals surface area contributed by atoms with Gasteiger partial charge in [-0.2, -0.15) is 0 Å². The number of ether oxygens (including phenoxy) is 2. The highest BCUT2D eigenvalue weighted by Gasteiger charge is 2.26. The van der Waals surface area contributed by atoms with Gasteiger partial charge in [-0.1, -0.05) is 34.8 Å². The molecule has 0 aliphatic carbocycles. The molecule has 1 aromatic carbocycles. The summed E-state index contributed by atoms with van der Waals surface area (Å²) in [5.74, 6) is -0.955. The number of aryl methyl sites for hydroxylation is 1. The maximum absolute atomic E-state index is 12.3. The number of carbonyl (C=O) groups excluding carboxylic acids is 2. The number of carboxylic acid groups (broad SMARTS) is 1. The first kappa shape index (κ1) is 22.3. The lowest BCUT2D eigenvalue weighted by Gasteiger charge is -2.16. The van der Waals surface area contributed by atoms with E-state index in [1.807, 2.05) is 0 Å². The monoisotopic (exact) mass is 425 g/mol. The van der Waals surface area contributed by atoms with Gasteiger partial charge >= 0.3 is 12.1 Å². The maximum Gasteiger partial charge on any atom is 0.407 e. The fraction of sp³-hybridized carbons (Fsp3) is 0.438. The minimum atomic E-state index is -1.81. The third-order valence-corrected chi connectivity index (χ3v) is 3.68. The summed E-state index contributed by atoms with van der Waals surface area (Å²) in [7, 11) is 1.52. The third-order valence-electron chi connectivity index (χ3n) is 3.35. The first-order chi connectivity index (χ1) is 12.0. The maximum atomic E-state index is 12.3. The van der Waals surface area contributed by atoms with Gasteiger partial charge in [0.1, 0.15) is 18.4 Å². The highest BCUT2D eigenvalue weighted by atomic mass is 35.6. The van der Waals surface area contributed by atoms with E-state index >= 15 is 0 Å². The summed E-state index contributed by atoms with van der Waals surface area (Å²) in [6, 6.07) is 3.63. The lowest BCUT2D eigenvalue weighted by Crippen LogP contribution is -2.42. The molecule has 26 heavy (non-hydrogen) atoms. The Labute approximate surface area is 165 Å². The van der Waals surface area contributed by atoms with Crippen LogP contribution >= 0.6 is 34.8 Å². The van der Waals surface area contributed by atoms with Gasteiger partial charge in [0.05, 0.1) is 7.11 Å². The molecule has 1 unspecified atom stereocenters. The van der Waals surface area contributed by atoms with Gasteiger partial charge in [0.2, 0.25) is 3.79 Å². The Morgan fingerprint density at radius 2 is 1.92 bits per heavy atom. The minimum Gasteiger partial charge on any atom is -0.497 e. The van der Waals surface area contributed by atoms with Crippen LogP contribution in [0.3, 0.4) is 0 Å². The number of amides is 1. The van der Waals surface area contributed by atoms with Crippen molar-refractivity contribution in [1.29, 1.82) is 0 Å². The Morgan fingerprint density at radius 3 is 2.42 bits per heavy atom. The Bertz CT molecular complexity index is 674. The predicted molar refractivity (Wildman–Crippen MR) is 97.5 cm³/mol. The second-order valence-electron chi connectivity index (χ2n) is 5.37. The number of benzene rings is 1. The number of nitrogens with one attached hydrogen (secondary N) is 1. The van der Waals surface area contributed by atoms with Gasteiger partial charge < -0.3 is 19.9 Å². The van der Waals surface area contributed by atoms with E-state index in [9.17, 15) is 19.5 Å². The van der Waals surface area contributed by atoms with E-state index in [1.165, 1.54) is 7.11 Å². The average Bonchev–Trinajstić information content (AvgIpc) is 2.55. The molecule has 0 saturated carbocycles. The second kappa shape index (κ2) is 9.85. The van der Waals surface area contributed by atoms with E-state index < -0.39 is 28.5 Å². The van der Waals surface area contributed by atoms with Gasteiger partial charge in [0.15, 0.2) is 5.78 Å². The zero-order chi connectivity index (χ0) is 19.9. The van der Waals surface area contributed by atoms with Crippen molar-refractivity contribution in [3.05, 3.63) is 29.3 Å². The molecule has 0 spiro atoms. The third kappa shape index (κ3) is 7.68. The molecule has 2 N–H and O–H groups in total. The SMILES string of the molecule is COc1ccc(C(=O)CCC(NC(=O)OCC(Cl)(Cl)Cl)C(=O)O)c(C)c1. The summed E-state index contributed by atoms with van der Waals surface area (Å²) >= 11 is 16.3. The zero-order valence-corrected chi connectivity index (χ0v) is 16.3. The largest absolute Gasteiger partial charge is 0.497 e. The van der Waals surface area contributed by atoms with Crippen LogP contribution in [0.2, 0.25) is 0 Å². The summed E-state index contributed by atoms with van der Waals surface area (Å²) in [5.41, 5.74) is 1.16. The van der Waals surface area contributed by atoms with Crippen LogP contribution in [0.1, 0.15) is 28.8 Å². The van der Waals surface area contributed by atoms with E-state index in [2.05, 4.69) is 10.1 Å². The van der Waals surface area contributed by atoms with Crippen LogP contribution < -0.4 is 10.1 Å². The number of carbonyl (C=O) groups is 3. The van der Waals surface area contributed by atoms with E-state index in [0.29, 0.717) is 16.9 Å². The highest BCUT2D eigenvalue weighted by Crippen LogP contribution is 2.26. The predicted octanol–water partition coefficient (Wildman–Crippen LogP) is 3.52. The Morgan fingerprint density at radius 1 is 1.27 bits per heavy atom. The number of carboxylic acids is 1. The molecule has 1 amide bonds. The normalized spacial score (nSPS) is 12.2. The van der Waals surface area contributed by atoms with Crippen molar-refractivity contribution in [3.63, 3.8) is 0 Å². The topological polar surface area (TPSA) is 102 Å². The van der Waals surface area contributed by atoms with Crippen molar-refractivity contribution >= 4 is 52.6 Å². The van der Waals surface area contributed by atoms with Crippen molar-refractivity contribution in [2.45, 2.75) is 29.6 Å². The Balaban J connectivity index is 2.64.